The van der Waals surface area contributed by atoms with Gasteiger partial charge in [-0.2, -0.15) is 0 Å². The van der Waals surface area contributed by atoms with Gasteiger partial charge in [0.1, 0.15) is 0 Å². The molecule has 0 bridgehead atoms. The molecule has 2 heterocycles. The minimum atomic E-state index is 0.381. The van der Waals surface area contributed by atoms with E-state index in [-0.39, 0.29) is 0 Å². The fourth-order valence-corrected chi connectivity index (χ4v) is 4.35. The van der Waals surface area contributed by atoms with Gasteiger partial charge in [0.15, 0.2) is 0 Å². The van der Waals surface area contributed by atoms with E-state index in [1.165, 1.54) is 50.6 Å². The number of piperazine rings is 1. The van der Waals surface area contributed by atoms with E-state index in [2.05, 4.69) is 44.1 Å². The van der Waals surface area contributed by atoms with Crippen LogP contribution in [0, 0.1) is 0 Å². The Hall–Kier alpha value is -0.450. The zero-order valence-electron chi connectivity index (χ0n) is 12.9. The van der Waals surface area contributed by atoms with Gasteiger partial charge in [-0.3, -0.25) is 9.88 Å². The molecule has 0 radical (unpaired) electrons. The van der Waals surface area contributed by atoms with Crippen LogP contribution >= 0.6 is 15.9 Å². The van der Waals surface area contributed by atoms with E-state index in [0.717, 1.165) is 17.6 Å². The van der Waals surface area contributed by atoms with Crippen molar-refractivity contribution in [2.24, 2.45) is 0 Å². The maximum absolute atomic E-state index is 4.33. The van der Waals surface area contributed by atoms with Gasteiger partial charge in [-0.25, -0.2) is 0 Å². The van der Waals surface area contributed by atoms with Gasteiger partial charge in [-0.15, -0.1) is 0 Å². The zero-order chi connectivity index (χ0) is 14.7. The molecule has 1 aromatic heterocycles. The summed E-state index contributed by atoms with van der Waals surface area (Å²) in [5.41, 5.74) is 1.71. The van der Waals surface area contributed by atoms with Gasteiger partial charge < -0.3 is 5.32 Å². The predicted molar refractivity (Wildman–Crippen MR) is 90.2 cm³/mol. The van der Waals surface area contributed by atoms with Crippen molar-refractivity contribution in [3.63, 3.8) is 0 Å². The second-order valence-corrected chi connectivity index (χ2v) is 7.58. The molecule has 1 spiro atoms. The Morgan fingerprint density at radius 2 is 2.14 bits per heavy atom. The molecule has 3 nitrogen and oxygen atoms in total. The summed E-state index contributed by atoms with van der Waals surface area (Å²) in [5.74, 6) is 0. The van der Waals surface area contributed by atoms with Crippen molar-refractivity contribution < 1.29 is 0 Å². The third-order valence-corrected chi connectivity index (χ3v) is 5.68. The lowest BCUT2D eigenvalue weighted by Gasteiger charge is -2.52. The summed E-state index contributed by atoms with van der Waals surface area (Å²) in [6.07, 6.45) is 12.0. The van der Waals surface area contributed by atoms with Crippen molar-refractivity contribution in [1.29, 1.82) is 0 Å². The Morgan fingerprint density at radius 1 is 1.33 bits per heavy atom. The van der Waals surface area contributed by atoms with Gasteiger partial charge in [-0.05, 0) is 46.8 Å². The van der Waals surface area contributed by atoms with Crippen LogP contribution in [0.5, 0.6) is 0 Å². The fourth-order valence-electron chi connectivity index (χ4n) is 3.94. The Kier molecular flexibility index (Phi) is 4.97. The molecule has 2 aliphatic rings. The highest BCUT2D eigenvalue weighted by Crippen LogP contribution is 2.36. The van der Waals surface area contributed by atoms with Crippen LogP contribution in [-0.4, -0.2) is 34.6 Å². The maximum Gasteiger partial charge on any atom is 0.0410 e. The molecule has 1 atom stereocenters. The predicted octanol–water partition coefficient (Wildman–Crippen LogP) is 3.73. The van der Waals surface area contributed by atoms with Crippen LogP contribution in [0.15, 0.2) is 22.9 Å². The van der Waals surface area contributed by atoms with E-state index >= 15 is 0 Å². The molecule has 2 fully saturated rings. The molecule has 0 amide bonds. The molecule has 1 saturated heterocycles. The van der Waals surface area contributed by atoms with Gasteiger partial charge in [0, 0.05) is 48.1 Å². The van der Waals surface area contributed by atoms with Crippen molar-refractivity contribution in [3.8, 4) is 0 Å². The molecule has 1 N–H and O–H groups in total. The summed E-state index contributed by atoms with van der Waals surface area (Å²) in [4.78, 5) is 7.08. The van der Waals surface area contributed by atoms with Gasteiger partial charge in [0.25, 0.3) is 0 Å². The zero-order valence-corrected chi connectivity index (χ0v) is 14.5. The molecule has 1 aromatic rings. The summed E-state index contributed by atoms with van der Waals surface area (Å²) in [6, 6.07) is 2.85. The highest BCUT2D eigenvalue weighted by Gasteiger charge is 2.41. The Balaban J connectivity index is 1.79. The number of halogens is 1. The van der Waals surface area contributed by atoms with E-state index in [9.17, 15) is 0 Å². The normalized spacial score (nSPS) is 26.1. The summed E-state index contributed by atoms with van der Waals surface area (Å²) >= 11 is 3.55. The minimum Gasteiger partial charge on any atom is -0.311 e. The number of rotatable bonds is 3. The Bertz CT molecular complexity index is 471. The highest BCUT2D eigenvalue weighted by molar-refractivity contribution is 9.10. The first kappa shape index (κ1) is 15.4. The van der Waals surface area contributed by atoms with Crippen LogP contribution < -0.4 is 5.32 Å². The Labute approximate surface area is 136 Å². The maximum atomic E-state index is 4.33. The fraction of sp³-hybridized carbons (Fsp3) is 0.706. The molecule has 1 unspecified atom stereocenters. The Morgan fingerprint density at radius 3 is 2.86 bits per heavy atom. The first-order chi connectivity index (χ1) is 10.2. The summed E-state index contributed by atoms with van der Waals surface area (Å²) in [5, 5.41) is 3.79. The summed E-state index contributed by atoms with van der Waals surface area (Å²) in [7, 11) is 0. The monoisotopic (exact) mass is 351 g/mol. The lowest BCUT2D eigenvalue weighted by atomic mass is 9.78. The van der Waals surface area contributed by atoms with Gasteiger partial charge in [-0.1, -0.05) is 26.2 Å². The number of aromatic nitrogens is 1. The van der Waals surface area contributed by atoms with Gasteiger partial charge in [0.05, 0.1) is 0 Å². The van der Waals surface area contributed by atoms with Crippen LogP contribution in [-0.2, 0) is 6.54 Å². The largest absolute Gasteiger partial charge is 0.311 e. The van der Waals surface area contributed by atoms with Gasteiger partial charge >= 0.3 is 0 Å². The average molecular weight is 352 g/mol. The number of pyridine rings is 1. The molecule has 1 saturated carbocycles. The van der Waals surface area contributed by atoms with Crippen molar-refractivity contribution in [2.45, 2.75) is 63.6 Å². The third-order valence-electron chi connectivity index (χ3n) is 5.24. The van der Waals surface area contributed by atoms with Crippen LogP contribution in [0.2, 0.25) is 0 Å². The average Bonchev–Trinajstić information content (AvgIpc) is 2.51. The number of nitrogens with zero attached hydrogens (tertiary/aromatic N) is 2. The molecule has 21 heavy (non-hydrogen) atoms. The SMILES string of the molecule is CCC1CN(Cc2cncc(Br)c2)C2(CCCCC2)CN1. The van der Waals surface area contributed by atoms with E-state index in [1.807, 2.05) is 12.4 Å². The second kappa shape index (κ2) is 6.76. The number of nitrogens with one attached hydrogen (secondary N) is 1. The smallest absolute Gasteiger partial charge is 0.0410 e. The highest BCUT2D eigenvalue weighted by atomic mass is 79.9. The van der Waals surface area contributed by atoms with Crippen LogP contribution in [0.25, 0.3) is 0 Å². The first-order valence-electron chi connectivity index (χ1n) is 8.30. The van der Waals surface area contributed by atoms with Gasteiger partial charge in [0.2, 0.25) is 0 Å². The van der Waals surface area contributed by atoms with E-state index in [4.69, 9.17) is 0 Å². The van der Waals surface area contributed by atoms with E-state index in [0.29, 0.717) is 11.6 Å². The molecule has 1 aliphatic carbocycles. The lowest BCUT2D eigenvalue weighted by Crippen LogP contribution is -2.64. The molecule has 116 valence electrons. The van der Waals surface area contributed by atoms with E-state index < -0.39 is 0 Å². The topological polar surface area (TPSA) is 28.2 Å². The molecular formula is C17H26BrN3. The van der Waals surface area contributed by atoms with E-state index in [1.54, 1.807) is 0 Å². The van der Waals surface area contributed by atoms with Crippen molar-refractivity contribution in [2.75, 3.05) is 13.1 Å². The number of hydrogen-bond donors (Lipinski definition) is 1. The number of hydrogen-bond acceptors (Lipinski definition) is 3. The summed E-state index contributed by atoms with van der Waals surface area (Å²) in [6.45, 7) is 5.65. The molecular weight excluding hydrogens is 326 g/mol. The van der Waals surface area contributed by atoms with Crippen LogP contribution in [0.1, 0.15) is 51.0 Å². The first-order valence-corrected chi connectivity index (χ1v) is 9.09. The van der Waals surface area contributed by atoms with Crippen molar-refractivity contribution in [1.82, 2.24) is 15.2 Å². The molecule has 3 rings (SSSR count). The third kappa shape index (κ3) is 3.49. The molecule has 1 aliphatic heterocycles. The second-order valence-electron chi connectivity index (χ2n) is 6.66. The standard InChI is InChI=1S/C17H26BrN3/c1-2-16-12-21(11-14-8-15(18)10-19-9-14)17(13-20-16)6-4-3-5-7-17/h8-10,16,20H,2-7,11-13H2,1H3. The van der Waals surface area contributed by atoms with Crippen LogP contribution in [0.3, 0.4) is 0 Å². The summed E-state index contributed by atoms with van der Waals surface area (Å²) < 4.78 is 1.08. The molecule has 0 aromatic carbocycles. The minimum absolute atomic E-state index is 0.381. The van der Waals surface area contributed by atoms with Crippen molar-refractivity contribution in [3.05, 3.63) is 28.5 Å². The quantitative estimate of drug-likeness (QED) is 0.899. The van der Waals surface area contributed by atoms with Crippen LogP contribution in [0.4, 0.5) is 0 Å². The lowest BCUT2D eigenvalue weighted by molar-refractivity contribution is 0.00266. The molecule has 4 heteroatoms. The van der Waals surface area contributed by atoms with Crippen molar-refractivity contribution >= 4 is 15.9 Å².